The third-order valence-corrected chi connectivity index (χ3v) is 5.89. The smallest absolute Gasteiger partial charge is 0.360 e. The van der Waals surface area contributed by atoms with Crippen molar-refractivity contribution in [2.75, 3.05) is 12.8 Å². The Morgan fingerprint density at radius 2 is 1.97 bits per heavy atom. The van der Waals surface area contributed by atoms with Gasteiger partial charge in [0.1, 0.15) is 11.1 Å². The fourth-order valence-electron chi connectivity index (χ4n) is 3.52. The SMILES string of the molecule is COc1ccccc1CCc1c(N)oc(-c2cccc3[nH]cnc23)c1P(=O)(O)O. The average Bonchev–Trinajstić information content (AvgIpc) is 3.30. The van der Waals surface area contributed by atoms with Crippen molar-refractivity contribution in [3.8, 4) is 17.1 Å². The molecule has 0 aliphatic heterocycles. The molecule has 4 aromatic rings. The summed E-state index contributed by atoms with van der Waals surface area (Å²) in [7, 11) is -3.10. The van der Waals surface area contributed by atoms with Crippen LogP contribution in [0.25, 0.3) is 22.4 Å². The molecule has 0 bridgehead atoms. The highest BCUT2D eigenvalue weighted by Gasteiger charge is 2.33. The summed E-state index contributed by atoms with van der Waals surface area (Å²) >= 11 is 0. The van der Waals surface area contributed by atoms with Gasteiger partial charge in [0.25, 0.3) is 0 Å². The highest BCUT2D eigenvalue weighted by atomic mass is 31.2. The van der Waals surface area contributed by atoms with Crippen LogP contribution in [0.2, 0.25) is 0 Å². The first kappa shape index (κ1) is 19.3. The Bertz CT molecular complexity index is 1220. The van der Waals surface area contributed by atoms with Gasteiger partial charge in [0.15, 0.2) is 11.6 Å². The molecule has 0 atom stereocenters. The van der Waals surface area contributed by atoms with Gasteiger partial charge in [-0.05, 0) is 36.6 Å². The molecular formula is C20H20N3O5P. The van der Waals surface area contributed by atoms with Crippen LogP contribution in [-0.4, -0.2) is 26.9 Å². The molecule has 0 saturated carbocycles. The molecule has 9 heteroatoms. The molecule has 29 heavy (non-hydrogen) atoms. The number of furan rings is 1. The molecule has 5 N–H and O–H groups in total. The van der Waals surface area contributed by atoms with Crippen molar-refractivity contribution in [1.29, 1.82) is 0 Å². The highest BCUT2D eigenvalue weighted by Crippen LogP contribution is 2.44. The van der Waals surface area contributed by atoms with Crippen LogP contribution in [0.3, 0.4) is 0 Å². The minimum absolute atomic E-state index is 0.0132. The molecule has 0 aliphatic carbocycles. The third kappa shape index (κ3) is 3.53. The minimum atomic E-state index is -4.68. The monoisotopic (exact) mass is 413 g/mol. The first-order valence-corrected chi connectivity index (χ1v) is 10.5. The fraction of sp³-hybridized carbons (Fsp3) is 0.150. The number of fused-ring (bicyclic) bond motifs is 1. The molecule has 4 rings (SSSR count). The Morgan fingerprint density at radius 3 is 2.72 bits per heavy atom. The van der Waals surface area contributed by atoms with Crippen LogP contribution in [0.15, 0.2) is 53.2 Å². The Balaban J connectivity index is 1.81. The van der Waals surface area contributed by atoms with Crippen LogP contribution in [0.4, 0.5) is 5.88 Å². The predicted octanol–water partition coefficient (Wildman–Crippen LogP) is 3.00. The van der Waals surface area contributed by atoms with E-state index in [4.69, 9.17) is 14.9 Å². The van der Waals surface area contributed by atoms with Crippen molar-refractivity contribution >= 4 is 29.8 Å². The Morgan fingerprint density at radius 1 is 1.17 bits per heavy atom. The number of benzene rings is 2. The van der Waals surface area contributed by atoms with E-state index in [1.165, 1.54) is 6.33 Å². The molecule has 2 aromatic heterocycles. The number of hydrogen-bond acceptors (Lipinski definition) is 5. The molecule has 0 aliphatic rings. The number of rotatable bonds is 6. The summed E-state index contributed by atoms with van der Waals surface area (Å²) in [5.41, 5.74) is 9.01. The molecular weight excluding hydrogens is 393 g/mol. The zero-order chi connectivity index (χ0) is 20.6. The molecule has 0 amide bonds. The van der Waals surface area contributed by atoms with E-state index in [1.54, 1.807) is 19.2 Å². The van der Waals surface area contributed by atoms with Gasteiger partial charge in [-0.2, -0.15) is 0 Å². The Labute approximate surface area is 166 Å². The van der Waals surface area contributed by atoms with E-state index >= 15 is 0 Å². The van der Waals surface area contributed by atoms with Crippen LogP contribution in [-0.2, 0) is 17.4 Å². The molecule has 0 unspecified atom stereocenters. The van der Waals surface area contributed by atoms with E-state index in [-0.39, 0.29) is 23.4 Å². The highest BCUT2D eigenvalue weighted by molar-refractivity contribution is 7.60. The first-order valence-electron chi connectivity index (χ1n) is 8.91. The molecule has 8 nitrogen and oxygen atoms in total. The molecule has 0 saturated heterocycles. The second-order valence-electron chi connectivity index (χ2n) is 6.58. The lowest BCUT2D eigenvalue weighted by Crippen LogP contribution is -2.12. The van der Waals surface area contributed by atoms with Gasteiger partial charge in [-0.3, -0.25) is 4.57 Å². The summed E-state index contributed by atoms with van der Waals surface area (Å²) in [6.45, 7) is 0. The maximum absolute atomic E-state index is 12.4. The van der Waals surface area contributed by atoms with Crippen molar-refractivity contribution in [2.45, 2.75) is 12.8 Å². The van der Waals surface area contributed by atoms with Crippen molar-refractivity contribution in [2.24, 2.45) is 0 Å². The molecule has 0 spiro atoms. The zero-order valence-electron chi connectivity index (χ0n) is 15.6. The van der Waals surface area contributed by atoms with Gasteiger partial charge in [0.2, 0.25) is 0 Å². The summed E-state index contributed by atoms with van der Waals surface area (Å²) in [4.78, 5) is 27.4. The van der Waals surface area contributed by atoms with Gasteiger partial charge in [-0.1, -0.05) is 24.3 Å². The number of para-hydroxylation sites is 2. The number of H-pyrrole nitrogens is 1. The lowest BCUT2D eigenvalue weighted by Gasteiger charge is -2.10. The largest absolute Gasteiger partial charge is 0.496 e. The van der Waals surface area contributed by atoms with Crippen molar-refractivity contribution in [1.82, 2.24) is 9.97 Å². The number of nitrogen functional groups attached to an aromatic ring is 1. The van der Waals surface area contributed by atoms with Gasteiger partial charge >= 0.3 is 7.60 Å². The number of methoxy groups -OCH3 is 1. The number of aromatic amines is 1. The van der Waals surface area contributed by atoms with E-state index in [1.807, 2.05) is 30.3 Å². The molecule has 2 heterocycles. The number of aryl methyl sites for hydroxylation is 1. The third-order valence-electron chi connectivity index (χ3n) is 4.83. The molecule has 0 fully saturated rings. The standard InChI is InChI=1S/C20H20N3O5P/c1-27-16-8-3-2-5-12(16)9-10-14-19(29(24,25)26)18(28-20(14)21)13-6-4-7-15-17(13)23-11-22-15/h2-8,11H,9-10,21H2,1H3,(H,22,23)(H2,24,25,26). The number of nitrogens with two attached hydrogens (primary N) is 1. The quantitative estimate of drug-likeness (QED) is 0.357. The number of nitrogens with zero attached hydrogens (tertiary/aromatic N) is 1. The number of nitrogens with one attached hydrogen (secondary N) is 1. The Hall–Kier alpha value is -3.06. The number of imidazole rings is 1. The summed E-state index contributed by atoms with van der Waals surface area (Å²) in [6, 6.07) is 12.7. The van der Waals surface area contributed by atoms with E-state index < -0.39 is 7.60 Å². The van der Waals surface area contributed by atoms with Gasteiger partial charge in [0.05, 0.1) is 24.5 Å². The van der Waals surface area contributed by atoms with Crippen LogP contribution >= 0.6 is 7.60 Å². The first-order chi connectivity index (χ1) is 13.9. The lowest BCUT2D eigenvalue weighted by atomic mass is 10.0. The van der Waals surface area contributed by atoms with E-state index in [0.717, 1.165) is 11.1 Å². The van der Waals surface area contributed by atoms with Gasteiger partial charge in [-0.25, -0.2) is 4.98 Å². The van der Waals surface area contributed by atoms with Crippen LogP contribution < -0.4 is 15.8 Å². The van der Waals surface area contributed by atoms with Crippen LogP contribution in [0, 0.1) is 0 Å². The second-order valence-corrected chi connectivity index (χ2v) is 8.12. The summed E-state index contributed by atoms with van der Waals surface area (Å²) < 4.78 is 23.4. The molecule has 2 aromatic carbocycles. The Kier molecular flexibility index (Phi) is 4.92. The normalized spacial score (nSPS) is 11.8. The summed E-state index contributed by atoms with van der Waals surface area (Å²) in [6.07, 6.45) is 2.28. The minimum Gasteiger partial charge on any atom is -0.496 e. The van der Waals surface area contributed by atoms with E-state index in [0.29, 0.717) is 28.8 Å². The summed E-state index contributed by atoms with van der Waals surface area (Å²) in [5, 5.41) is -0.194. The van der Waals surface area contributed by atoms with Crippen LogP contribution in [0.5, 0.6) is 5.75 Å². The topological polar surface area (TPSA) is 135 Å². The second kappa shape index (κ2) is 7.40. The number of hydrogen-bond donors (Lipinski definition) is 4. The maximum atomic E-state index is 12.4. The number of anilines is 1. The van der Waals surface area contributed by atoms with E-state index in [2.05, 4.69) is 9.97 Å². The van der Waals surface area contributed by atoms with Gasteiger partial charge in [0, 0.05) is 11.1 Å². The van der Waals surface area contributed by atoms with Crippen LogP contribution in [0.1, 0.15) is 11.1 Å². The fourth-order valence-corrected chi connectivity index (χ4v) is 4.53. The zero-order valence-corrected chi connectivity index (χ0v) is 16.5. The molecule has 0 radical (unpaired) electrons. The maximum Gasteiger partial charge on any atom is 0.360 e. The number of ether oxygens (including phenoxy) is 1. The lowest BCUT2D eigenvalue weighted by molar-refractivity contribution is 0.387. The van der Waals surface area contributed by atoms with Crippen molar-refractivity contribution in [3.05, 3.63) is 59.9 Å². The average molecular weight is 413 g/mol. The number of aromatic nitrogens is 2. The predicted molar refractivity (Wildman–Crippen MR) is 110 cm³/mol. The summed E-state index contributed by atoms with van der Waals surface area (Å²) in [5.74, 6) is 0.734. The van der Waals surface area contributed by atoms with Crippen molar-refractivity contribution in [3.63, 3.8) is 0 Å². The molecule has 150 valence electrons. The van der Waals surface area contributed by atoms with Crippen molar-refractivity contribution < 1.29 is 23.5 Å². The van der Waals surface area contributed by atoms with Gasteiger partial charge in [-0.15, -0.1) is 0 Å². The van der Waals surface area contributed by atoms with Gasteiger partial charge < -0.3 is 29.7 Å². The van der Waals surface area contributed by atoms with E-state index in [9.17, 15) is 14.4 Å².